The Labute approximate surface area is 132 Å². The summed E-state index contributed by atoms with van der Waals surface area (Å²) in [6.45, 7) is 2.09. The van der Waals surface area contributed by atoms with Crippen molar-refractivity contribution in [3.8, 4) is 23.3 Å². The minimum Gasteiger partial charge on any atom is -0.384 e. The van der Waals surface area contributed by atoms with Crippen LogP contribution < -0.4 is 11.3 Å². The third kappa shape index (κ3) is 2.98. The van der Waals surface area contributed by atoms with Gasteiger partial charge in [-0.1, -0.05) is 19.1 Å². The van der Waals surface area contributed by atoms with E-state index in [0.717, 1.165) is 17.1 Å². The Morgan fingerprint density at radius 2 is 2.00 bits per heavy atom. The van der Waals surface area contributed by atoms with E-state index in [0.29, 0.717) is 11.1 Å². The van der Waals surface area contributed by atoms with Gasteiger partial charge in [0.2, 0.25) is 0 Å². The van der Waals surface area contributed by atoms with Crippen molar-refractivity contribution in [3.63, 3.8) is 0 Å². The molecule has 0 unspecified atom stereocenters. The van der Waals surface area contributed by atoms with E-state index in [2.05, 4.69) is 11.9 Å². The van der Waals surface area contributed by atoms with Crippen LogP contribution in [0.1, 0.15) is 24.5 Å². The molecule has 2 rings (SSSR count). The van der Waals surface area contributed by atoms with Crippen LogP contribution in [0.25, 0.3) is 11.1 Å². The molecule has 0 amide bonds. The van der Waals surface area contributed by atoms with Gasteiger partial charge in [-0.25, -0.2) is 0 Å². The van der Waals surface area contributed by atoms with Gasteiger partial charge in [0.15, 0.2) is 0 Å². The van der Waals surface area contributed by atoms with Gasteiger partial charge in [-0.2, -0.15) is 10.5 Å². The topological polar surface area (TPSA) is 106 Å². The summed E-state index contributed by atoms with van der Waals surface area (Å²) in [4.78, 5) is 15.3. The van der Waals surface area contributed by atoms with Gasteiger partial charge in [0.25, 0.3) is 5.56 Å². The van der Waals surface area contributed by atoms with Crippen molar-refractivity contribution in [1.29, 1.82) is 10.5 Å². The van der Waals surface area contributed by atoms with Gasteiger partial charge in [-0.15, -0.1) is 11.8 Å². The molecule has 1 heterocycles. The minimum atomic E-state index is -0.583. The van der Waals surface area contributed by atoms with Crippen LogP contribution in [-0.2, 0) is 0 Å². The monoisotopic (exact) mass is 310 g/mol. The van der Waals surface area contributed by atoms with Crippen LogP contribution in [0.15, 0.2) is 34.0 Å². The highest BCUT2D eigenvalue weighted by molar-refractivity contribution is 7.99. The molecular weight excluding hydrogens is 296 g/mol. The fourth-order valence-electron chi connectivity index (χ4n) is 2.09. The van der Waals surface area contributed by atoms with Crippen LogP contribution in [0.4, 0.5) is 5.82 Å². The van der Waals surface area contributed by atoms with Crippen LogP contribution in [0, 0.1) is 22.7 Å². The molecule has 0 radical (unpaired) electrons. The van der Waals surface area contributed by atoms with Crippen LogP contribution in [0.5, 0.6) is 0 Å². The number of hydrogen-bond acceptors (Lipinski definition) is 5. The highest BCUT2D eigenvalue weighted by atomic mass is 32.2. The molecule has 0 spiro atoms. The minimum absolute atomic E-state index is 0.0203. The van der Waals surface area contributed by atoms with Crippen molar-refractivity contribution >= 4 is 17.6 Å². The van der Waals surface area contributed by atoms with E-state index < -0.39 is 5.56 Å². The van der Waals surface area contributed by atoms with Gasteiger partial charge < -0.3 is 10.7 Å². The first-order valence-electron chi connectivity index (χ1n) is 6.71. The number of benzene rings is 1. The summed E-state index contributed by atoms with van der Waals surface area (Å²) >= 11 is 1.68. The third-order valence-corrected chi connectivity index (χ3v) is 4.26. The first kappa shape index (κ1) is 15.7. The number of nitriles is 2. The number of nitrogen functional groups attached to an aromatic ring is 1. The number of nitrogens with zero attached hydrogens (tertiary/aromatic N) is 2. The van der Waals surface area contributed by atoms with Gasteiger partial charge >= 0.3 is 0 Å². The summed E-state index contributed by atoms with van der Waals surface area (Å²) in [5.41, 5.74) is 6.10. The molecule has 0 saturated heterocycles. The standard InChI is InChI=1S/C16H14N4OS/c1-2-6-22-11-5-3-4-10(7-11)14-12(8-17)15(19)20-16(21)13(14)9-18/h3-5,7H,2,6H2,1H3,(H3,19,20,21). The van der Waals surface area contributed by atoms with E-state index in [9.17, 15) is 15.3 Å². The first-order valence-corrected chi connectivity index (χ1v) is 7.70. The highest BCUT2D eigenvalue weighted by Gasteiger charge is 2.18. The zero-order chi connectivity index (χ0) is 16.1. The lowest BCUT2D eigenvalue weighted by atomic mass is 9.97. The summed E-state index contributed by atoms with van der Waals surface area (Å²) in [7, 11) is 0. The Morgan fingerprint density at radius 3 is 2.64 bits per heavy atom. The van der Waals surface area contributed by atoms with Crippen LogP contribution in [0.2, 0.25) is 0 Å². The maximum Gasteiger partial charge on any atom is 0.268 e. The molecule has 0 bridgehead atoms. The molecule has 2 aromatic rings. The molecule has 6 heteroatoms. The summed E-state index contributed by atoms with van der Waals surface area (Å²) in [5.74, 6) is 0.949. The predicted molar refractivity (Wildman–Crippen MR) is 87.4 cm³/mol. The fourth-order valence-corrected chi connectivity index (χ4v) is 2.92. The zero-order valence-electron chi connectivity index (χ0n) is 12.0. The van der Waals surface area contributed by atoms with E-state index in [1.54, 1.807) is 17.8 Å². The Balaban J connectivity index is 2.70. The zero-order valence-corrected chi connectivity index (χ0v) is 12.8. The number of rotatable bonds is 4. The number of aromatic nitrogens is 1. The number of nitrogens with one attached hydrogen (secondary N) is 1. The molecule has 0 fully saturated rings. The lowest BCUT2D eigenvalue weighted by Crippen LogP contribution is -2.16. The van der Waals surface area contributed by atoms with Gasteiger partial charge in [0.1, 0.15) is 29.1 Å². The lowest BCUT2D eigenvalue weighted by Gasteiger charge is -2.10. The number of aromatic amines is 1. The maximum absolute atomic E-state index is 11.9. The Kier molecular flexibility index (Phi) is 4.88. The van der Waals surface area contributed by atoms with Gasteiger partial charge in [-0.3, -0.25) is 4.79 Å². The second-order valence-corrected chi connectivity index (χ2v) is 5.76. The molecule has 5 nitrogen and oxygen atoms in total. The molecule has 0 aliphatic rings. The van der Waals surface area contributed by atoms with Crippen molar-refractivity contribution < 1.29 is 0 Å². The summed E-state index contributed by atoms with van der Waals surface area (Å²) < 4.78 is 0. The highest BCUT2D eigenvalue weighted by Crippen LogP contribution is 2.31. The molecular formula is C16H14N4OS. The molecule has 0 aliphatic heterocycles. The van der Waals surface area contributed by atoms with Crippen molar-refractivity contribution in [2.75, 3.05) is 11.5 Å². The number of nitrogens with two attached hydrogens (primary N) is 1. The molecule has 0 aliphatic carbocycles. The largest absolute Gasteiger partial charge is 0.384 e. The van der Waals surface area contributed by atoms with Crippen molar-refractivity contribution in [1.82, 2.24) is 4.98 Å². The third-order valence-electron chi connectivity index (χ3n) is 3.06. The van der Waals surface area contributed by atoms with Crippen molar-refractivity contribution in [2.24, 2.45) is 0 Å². The number of hydrogen-bond donors (Lipinski definition) is 2. The summed E-state index contributed by atoms with van der Waals surface area (Å²) in [6.07, 6.45) is 1.04. The van der Waals surface area contributed by atoms with Gasteiger partial charge in [-0.05, 0) is 29.9 Å². The molecule has 22 heavy (non-hydrogen) atoms. The van der Waals surface area contributed by atoms with Gasteiger partial charge in [0, 0.05) is 10.5 Å². The summed E-state index contributed by atoms with van der Waals surface area (Å²) in [6, 6.07) is 11.3. The lowest BCUT2D eigenvalue weighted by molar-refractivity contribution is 1.10. The maximum atomic E-state index is 11.9. The van der Waals surface area contributed by atoms with E-state index in [-0.39, 0.29) is 16.9 Å². The molecule has 1 aromatic carbocycles. The quantitative estimate of drug-likeness (QED) is 0.844. The molecule has 1 aromatic heterocycles. The van der Waals surface area contributed by atoms with Crippen LogP contribution in [0.3, 0.4) is 0 Å². The normalized spacial score (nSPS) is 9.95. The number of H-pyrrole nitrogens is 1. The van der Waals surface area contributed by atoms with Crippen LogP contribution in [-0.4, -0.2) is 10.7 Å². The van der Waals surface area contributed by atoms with Crippen molar-refractivity contribution in [2.45, 2.75) is 18.2 Å². The van der Waals surface area contributed by atoms with Crippen molar-refractivity contribution in [3.05, 3.63) is 45.7 Å². The second-order valence-electron chi connectivity index (χ2n) is 4.59. The van der Waals surface area contributed by atoms with E-state index >= 15 is 0 Å². The van der Waals surface area contributed by atoms with Gasteiger partial charge in [0.05, 0.1) is 0 Å². The molecule has 0 saturated carbocycles. The average Bonchev–Trinajstić information content (AvgIpc) is 2.52. The molecule has 0 atom stereocenters. The first-order chi connectivity index (χ1) is 10.6. The van der Waals surface area contributed by atoms with E-state index in [1.165, 1.54) is 0 Å². The van der Waals surface area contributed by atoms with E-state index in [1.807, 2.05) is 30.3 Å². The smallest absolute Gasteiger partial charge is 0.268 e. The molecule has 110 valence electrons. The Hall–Kier alpha value is -2.70. The van der Waals surface area contributed by atoms with E-state index in [4.69, 9.17) is 5.73 Å². The number of pyridine rings is 1. The average molecular weight is 310 g/mol. The van der Waals surface area contributed by atoms with Crippen LogP contribution >= 0.6 is 11.8 Å². The second kappa shape index (κ2) is 6.84. The Bertz CT molecular complexity index is 843. The molecule has 3 N–H and O–H groups in total. The number of anilines is 1. The predicted octanol–water partition coefficient (Wildman–Crippen LogP) is 2.87. The fraction of sp³-hybridized carbons (Fsp3) is 0.188. The Morgan fingerprint density at radius 1 is 1.27 bits per heavy atom. The summed E-state index contributed by atoms with van der Waals surface area (Å²) in [5, 5.41) is 18.6. The SMILES string of the molecule is CCCSc1cccc(-c2c(C#N)c(N)[nH]c(=O)c2C#N)c1. The number of thioether (sulfide) groups is 1.